The van der Waals surface area contributed by atoms with Gasteiger partial charge in [0.2, 0.25) is 0 Å². The third-order valence-electron chi connectivity index (χ3n) is 5.71. The van der Waals surface area contributed by atoms with Gasteiger partial charge in [-0.2, -0.15) is 0 Å². The molecule has 1 rings (SSSR count). The second kappa shape index (κ2) is 10.5. The van der Waals surface area contributed by atoms with Gasteiger partial charge in [-0.15, -0.1) is 0 Å². The lowest BCUT2D eigenvalue weighted by Gasteiger charge is -2.35. The third kappa shape index (κ3) is 6.78. The summed E-state index contributed by atoms with van der Waals surface area (Å²) in [6, 6.07) is 8.70. The van der Waals surface area contributed by atoms with E-state index in [2.05, 4.69) is 94.0 Å². The first kappa shape index (κ1) is 23.9. The smallest absolute Gasteiger partial charge is 0.111 e. The van der Waals surface area contributed by atoms with E-state index in [1.54, 1.807) is 0 Å². The first-order chi connectivity index (χ1) is 12.6. The van der Waals surface area contributed by atoms with Crippen molar-refractivity contribution in [2.45, 2.75) is 86.0 Å². The lowest BCUT2D eigenvalue weighted by atomic mass is 9.74. The quantitative estimate of drug-likeness (QED) is 0.329. The number of halogens is 1. The molecule has 0 aliphatic carbocycles. The lowest BCUT2D eigenvalue weighted by Crippen LogP contribution is -2.43. The Bertz CT molecular complexity index is 644. The van der Waals surface area contributed by atoms with Gasteiger partial charge in [0.25, 0.3) is 0 Å². The summed E-state index contributed by atoms with van der Waals surface area (Å²) >= 11 is 3.55. The number of rotatable bonds is 8. The zero-order valence-corrected chi connectivity index (χ0v) is 20.3. The fraction of sp³-hybridized carbons (Fsp3) is 0.625. The Kier molecular flexibility index (Phi) is 9.27. The van der Waals surface area contributed by atoms with Crippen LogP contribution in [0.4, 0.5) is 0 Å². The minimum Gasteiger partial charge on any atom is -0.347 e. The van der Waals surface area contributed by atoms with E-state index in [0.717, 1.165) is 29.6 Å². The average molecular weight is 435 g/mol. The van der Waals surface area contributed by atoms with Crippen LogP contribution in [0, 0.1) is 5.41 Å². The Morgan fingerprint density at radius 3 is 2.04 bits per heavy atom. The zero-order chi connectivity index (χ0) is 20.7. The molecular formula is C24H39BrN2. The Labute approximate surface area is 176 Å². The highest BCUT2D eigenvalue weighted by Crippen LogP contribution is 2.34. The fourth-order valence-electron chi connectivity index (χ4n) is 3.64. The Morgan fingerprint density at radius 2 is 1.59 bits per heavy atom. The second-order valence-electron chi connectivity index (χ2n) is 8.81. The maximum Gasteiger partial charge on any atom is 0.111 e. The highest BCUT2D eigenvalue weighted by Gasteiger charge is 2.34. The summed E-state index contributed by atoms with van der Waals surface area (Å²) in [7, 11) is 1.91. The van der Waals surface area contributed by atoms with Crippen LogP contribution in [0.15, 0.2) is 45.0 Å². The standard InChI is InChI=1S/C24H39BrN2/c1-9-24(10-2,20-13-15-21(25)16-14-20)22(26-8)27-19(4)18(3)12-11-17-23(5,6)7/h13-16H,9-12,17H2,1-8H3,(H,26,27)/b19-18+. The zero-order valence-electron chi connectivity index (χ0n) is 18.7. The molecule has 0 radical (unpaired) electrons. The van der Waals surface area contributed by atoms with Gasteiger partial charge in [-0.25, -0.2) is 0 Å². The number of benzene rings is 1. The van der Waals surface area contributed by atoms with Crippen LogP contribution in [0.5, 0.6) is 0 Å². The molecule has 0 saturated carbocycles. The summed E-state index contributed by atoms with van der Waals surface area (Å²) in [5.41, 5.74) is 4.31. The van der Waals surface area contributed by atoms with Gasteiger partial charge in [0.15, 0.2) is 0 Å². The van der Waals surface area contributed by atoms with E-state index < -0.39 is 0 Å². The SMILES string of the molecule is CCC(CC)(C(=NC)N/C(C)=C(\C)CCCC(C)(C)C)c1ccc(Br)cc1. The van der Waals surface area contributed by atoms with Crippen molar-refractivity contribution in [1.29, 1.82) is 0 Å². The van der Waals surface area contributed by atoms with E-state index in [1.807, 2.05) is 7.05 Å². The predicted octanol–water partition coefficient (Wildman–Crippen LogP) is 7.64. The van der Waals surface area contributed by atoms with Crippen molar-refractivity contribution in [3.8, 4) is 0 Å². The maximum absolute atomic E-state index is 4.70. The van der Waals surface area contributed by atoms with Gasteiger partial charge in [-0.3, -0.25) is 4.99 Å². The van der Waals surface area contributed by atoms with Gasteiger partial charge in [-0.05, 0) is 69.1 Å². The molecule has 0 heterocycles. The molecule has 0 aliphatic rings. The predicted molar refractivity (Wildman–Crippen MR) is 125 cm³/mol. The molecule has 0 fully saturated rings. The third-order valence-corrected chi connectivity index (χ3v) is 6.23. The van der Waals surface area contributed by atoms with Crippen molar-refractivity contribution in [2.24, 2.45) is 10.4 Å². The molecule has 1 N–H and O–H groups in total. The van der Waals surface area contributed by atoms with Gasteiger partial charge in [0.05, 0.1) is 5.41 Å². The summed E-state index contributed by atoms with van der Waals surface area (Å²) in [5, 5.41) is 3.69. The van der Waals surface area contributed by atoms with Crippen molar-refractivity contribution in [3.05, 3.63) is 45.6 Å². The topological polar surface area (TPSA) is 24.4 Å². The first-order valence-electron chi connectivity index (χ1n) is 10.3. The number of aliphatic imine (C=N–C) groups is 1. The van der Waals surface area contributed by atoms with E-state index in [9.17, 15) is 0 Å². The monoisotopic (exact) mass is 434 g/mol. The fourth-order valence-corrected chi connectivity index (χ4v) is 3.91. The van der Waals surface area contributed by atoms with E-state index in [-0.39, 0.29) is 5.41 Å². The molecule has 0 spiro atoms. The number of hydrogen-bond donors (Lipinski definition) is 1. The molecule has 0 aromatic heterocycles. The van der Waals surface area contributed by atoms with Crippen molar-refractivity contribution in [1.82, 2.24) is 5.32 Å². The number of nitrogens with one attached hydrogen (secondary N) is 1. The van der Waals surface area contributed by atoms with Gasteiger partial charge >= 0.3 is 0 Å². The minimum absolute atomic E-state index is 0.0810. The summed E-state index contributed by atoms with van der Waals surface area (Å²) in [4.78, 5) is 4.70. The molecule has 1 aromatic rings. The first-order valence-corrected chi connectivity index (χ1v) is 11.1. The average Bonchev–Trinajstić information content (AvgIpc) is 2.61. The van der Waals surface area contributed by atoms with E-state index in [0.29, 0.717) is 5.41 Å². The Morgan fingerprint density at radius 1 is 1.04 bits per heavy atom. The largest absolute Gasteiger partial charge is 0.347 e. The summed E-state index contributed by atoms with van der Waals surface area (Å²) in [6.07, 6.45) is 5.64. The minimum atomic E-state index is -0.0810. The van der Waals surface area contributed by atoms with Crippen molar-refractivity contribution in [2.75, 3.05) is 7.05 Å². The molecule has 152 valence electrons. The number of nitrogens with zero attached hydrogens (tertiary/aromatic N) is 1. The summed E-state index contributed by atoms with van der Waals surface area (Å²) < 4.78 is 1.11. The summed E-state index contributed by atoms with van der Waals surface area (Å²) in [5.74, 6) is 1.07. The van der Waals surface area contributed by atoms with Crippen molar-refractivity contribution in [3.63, 3.8) is 0 Å². The highest BCUT2D eigenvalue weighted by molar-refractivity contribution is 9.10. The molecule has 0 aliphatic heterocycles. The van der Waals surface area contributed by atoms with E-state index in [4.69, 9.17) is 4.99 Å². The van der Waals surface area contributed by atoms with Crippen LogP contribution in [-0.4, -0.2) is 12.9 Å². The molecule has 0 atom stereocenters. The molecule has 0 bridgehead atoms. The van der Waals surface area contributed by atoms with Gasteiger partial charge in [0.1, 0.15) is 5.84 Å². The van der Waals surface area contributed by atoms with Gasteiger partial charge in [0, 0.05) is 17.2 Å². The van der Waals surface area contributed by atoms with Gasteiger partial charge in [-0.1, -0.05) is 68.3 Å². The van der Waals surface area contributed by atoms with Crippen LogP contribution in [0.25, 0.3) is 0 Å². The summed E-state index contributed by atoms with van der Waals surface area (Å²) in [6.45, 7) is 15.9. The number of amidine groups is 1. The lowest BCUT2D eigenvalue weighted by molar-refractivity contribution is 0.365. The van der Waals surface area contributed by atoms with Crippen LogP contribution in [0.2, 0.25) is 0 Å². The van der Waals surface area contributed by atoms with Crippen LogP contribution < -0.4 is 5.32 Å². The van der Waals surface area contributed by atoms with E-state index in [1.165, 1.54) is 29.7 Å². The van der Waals surface area contributed by atoms with Crippen LogP contribution in [0.3, 0.4) is 0 Å². The number of hydrogen-bond acceptors (Lipinski definition) is 1. The molecule has 1 aromatic carbocycles. The molecule has 27 heavy (non-hydrogen) atoms. The second-order valence-corrected chi connectivity index (χ2v) is 9.73. The van der Waals surface area contributed by atoms with Crippen LogP contribution in [0.1, 0.15) is 86.1 Å². The van der Waals surface area contributed by atoms with Crippen molar-refractivity contribution < 1.29 is 0 Å². The molecule has 2 nitrogen and oxygen atoms in total. The number of allylic oxidation sites excluding steroid dienone is 2. The highest BCUT2D eigenvalue weighted by atomic mass is 79.9. The van der Waals surface area contributed by atoms with E-state index >= 15 is 0 Å². The molecule has 0 amide bonds. The Hall–Kier alpha value is -1.09. The van der Waals surface area contributed by atoms with Crippen molar-refractivity contribution >= 4 is 21.8 Å². The Balaban J connectivity index is 3.05. The normalized spacial score (nSPS) is 14.2. The molecular weight excluding hydrogens is 396 g/mol. The maximum atomic E-state index is 4.70. The van der Waals surface area contributed by atoms with Crippen LogP contribution in [-0.2, 0) is 5.41 Å². The molecule has 0 unspecified atom stereocenters. The van der Waals surface area contributed by atoms with Gasteiger partial charge < -0.3 is 5.32 Å². The molecule has 0 saturated heterocycles. The van der Waals surface area contributed by atoms with Crippen LogP contribution >= 0.6 is 15.9 Å². The molecule has 3 heteroatoms.